The van der Waals surface area contributed by atoms with E-state index in [0.717, 1.165) is 17.6 Å². The second-order valence-electron chi connectivity index (χ2n) is 8.75. The molecule has 0 bridgehead atoms. The van der Waals surface area contributed by atoms with Crippen molar-refractivity contribution in [1.29, 1.82) is 0 Å². The summed E-state index contributed by atoms with van der Waals surface area (Å²) in [4.78, 5) is 6.71. The van der Waals surface area contributed by atoms with Crippen molar-refractivity contribution < 1.29 is 8.42 Å². The van der Waals surface area contributed by atoms with Gasteiger partial charge in [0, 0.05) is 36.0 Å². The molecule has 1 saturated carbocycles. The third-order valence-electron chi connectivity index (χ3n) is 6.37. The van der Waals surface area contributed by atoms with Gasteiger partial charge in [-0.05, 0) is 73.1 Å². The van der Waals surface area contributed by atoms with Crippen LogP contribution < -0.4 is 14.9 Å². The zero-order chi connectivity index (χ0) is 23.0. The average molecular weight is 482 g/mol. The van der Waals surface area contributed by atoms with E-state index < -0.39 is 10.0 Å². The highest BCUT2D eigenvalue weighted by Gasteiger charge is 2.41. The van der Waals surface area contributed by atoms with Gasteiger partial charge in [0.2, 0.25) is 10.0 Å². The van der Waals surface area contributed by atoms with E-state index in [1.807, 2.05) is 30.3 Å². The summed E-state index contributed by atoms with van der Waals surface area (Å²) in [5, 5.41) is 4.09. The zero-order valence-electron chi connectivity index (χ0n) is 18.4. The molecule has 2 atom stereocenters. The minimum Gasteiger partial charge on any atom is -0.351 e. The van der Waals surface area contributed by atoms with Crippen molar-refractivity contribution in [3.05, 3.63) is 78.4 Å². The molecule has 1 aromatic carbocycles. The van der Waals surface area contributed by atoms with Crippen LogP contribution in [0.4, 0.5) is 11.4 Å². The zero-order valence-corrected chi connectivity index (χ0v) is 20.0. The normalized spacial score (nSPS) is 21.4. The summed E-state index contributed by atoms with van der Waals surface area (Å²) in [5.74, 6) is 0. The molecule has 7 nitrogen and oxygen atoms in total. The first-order valence-electron chi connectivity index (χ1n) is 11.1. The van der Waals surface area contributed by atoms with E-state index >= 15 is 0 Å². The maximum atomic E-state index is 11.6. The average Bonchev–Trinajstić information content (AvgIpc) is 3.53. The molecule has 0 radical (unpaired) electrons. The summed E-state index contributed by atoms with van der Waals surface area (Å²) in [6.45, 7) is 0. The number of hydrogen-bond acceptors (Lipinski definition) is 4. The fourth-order valence-electron chi connectivity index (χ4n) is 4.91. The molecule has 0 spiro atoms. The minimum atomic E-state index is -3.34. The van der Waals surface area contributed by atoms with Gasteiger partial charge in [-0.2, -0.15) is 0 Å². The van der Waals surface area contributed by atoms with E-state index in [2.05, 4.69) is 42.9 Å². The lowest BCUT2D eigenvalue weighted by atomic mass is 9.98. The highest BCUT2D eigenvalue weighted by Crippen LogP contribution is 2.42. The summed E-state index contributed by atoms with van der Waals surface area (Å²) in [6.07, 6.45) is 12.4. The number of hydrogen-bond donors (Lipinski definition) is 2. The molecule has 1 aliphatic carbocycles. The molecule has 172 valence electrons. The molecule has 0 unspecified atom stereocenters. The third-order valence-corrected chi connectivity index (χ3v) is 7.29. The van der Waals surface area contributed by atoms with Crippen molar-refractivity contribution in [2.45, 2.75) is 43.8 Å². The van der Waals surface area contributed by atoms with Gasteiger partial charge >= 0.3 is 0 Å². The highest BCUT2D eigenvalue weighted by molar-refractivity contribution is 7.92. The molecule has 5 rings (SSSR count). The maximum absolute atomic E-state index is 11.6. The summed E-state index contributed by atoms with van der Waals surface area (Å²) in [6, 6.07) is 15.8. The molecular formula is C24H27N5O2S2. The number of anilines is 2. The Hall–Kier alpha value is -2.91. The predicted octanol–water partition coefficient (Wildman–Crippen LogP) is 4.55. The highest BCUT2D eigenvalue weighted by atomic mass is 32.2. The number of thiocarbonyl (C=S) groups is 1. The first-order chi connectivity index (χ1) is 15.9. The second kappa shape index (κ2) is 8.79. The van der Waals surface area contributed by atoms with Gasteiger partial charge in [-0.1, -0.05) is 18.9 Å². The van der Waals surface area contributed by atoms with Gasteiger partial charge in [0.1, 0.15) is 0 Å². The molecule has 3 aromatic rings. The van der Waals surface area contributed by atoms with Crippen LogP contribution in [-0.4, -0.2) is 29.3 Å². The molecule has 9 heteroatoms. The van der Waals surface area contributed by atoms with Gasteiger partial charge in [0.05, 0.1) is 24.0 Å². The lowest BCUT2D eigenvalue weighted by molar-refractivity contribution is 0.515. The number of pyridine rings is 1. The van der Waals surface area contributed by atoms with Crippen molar-refractivity contribution in [2.24, 2.45) is 0 Å². The molecule has 2 aliphatic rings. The van der Waals surface area contributed by atoms with Gasteiger partial charge in [-0.15, -0.1) is 0 Å². The van der Waals surface area contributed by atoms with E-state index in [1.54, 1.807) is 18.3 Å². The van der Waals surface area contributed by atoms with Crippen LogP contribution >= 0.6 is 12.2 Å². The topological polar surface area (TPSA) is 79.3 Å². The minimum absolute atomic E-state index is 0.0798. The van der Waals surface area contributed by atoms with Crippen molar-refractivity contribution in [1.82, 2.24) is 14.9 Å². The van der Waals surface area contributed by atoms with Crippen molar-refractivity contribution in [3.8, 4) is 0 Å². The number of aromatic nitrogens is 2. The van der Waals surface area contributed by atoms with E-state index in [4.69, 9.17) is 12.2 Å². The molecule has 0 amide bonds. The SMILES string of the molecule is CS(=O)(=O)Nc1ccc(N2C(=S)N[C@@H](c3ccccn3)[C@H]2c2ccn(C3CCCC3)c2)cc1. The smallest absolute Gasteiger partial charge is 0.229 e. The Balaban J connectivity index is 1.52. The fourth-order valence-corrected chi connectivity index (χ4v) is 5.82. The summed E-state index contributed by atoms with van der Waals surface area (Å²) in [7, 11) is -3.34. The van der Waals surface area contributed by atoms with Gasteiger partial charge in [0.15, 0.2) is 5.11 Å². The molecule has 2 N–H and O–H groups in total. The van der Waals surface area contributed by atoms with Crippen LogP contribution in [0.1, 0.15) is 55.1 Å². The van der Waals surface area contributed by atoms with Crippen LogP contribution in [-0.2, 0) is 10.0 Å². The largest absolute Gasteiger partial charge is 0.351 e. The number of rotatable bonds is 6. The second-order valence-corrected chi connectivity index (χ2v) is 10.9. The Bertz CT molecular complexity index is 1240. The Morgan fingerprint density at radius 1 is 1.09 bits per heavy atom. The molecule has 3 heterocycles. The standard InChI is InChI=1S/C24H27N5O2S2/c1-33(30,31)27-18-9-11-20(12-10-18)29-23(17-13-15-28(16-17)19-6-2-3-7-19)22(26-24(29)32)21-8-4-5-14-25-21/h4-5,8-16,19,22-23,27H,2-3,6-7H2,1H3,(H,26,32)/t22-,23+/m0/s1. The van der Waals surface area contributed by atoms with Crippen molar-refractivity contribution >= 4 is 38.7 Å². The molecule has 2 fully saturated rings. The third kappa shape index (κ3) is 4.60. The first-order valence-corrected chi connectivity index (χ1v) is 13.4. The van der Waals surface area contributed by atoms with Crippen LogP contribution in [0.5, 0.6) is 0 Å². The lowest BCUT2D eigenvalue weighted by Crippen LogP contribution is -2.29. The van der Waals surface area contributed by atoms with Crippen molar-refractivity contribution in [2.75, 3.05) is 15.9 Å². The lowest BCUT2D eigenvalue weighted by Gasteiger charge is -2.27. The van der Waals surface area contributed by atoms with Gasteiger partial charge in [-0.25, -0.2) is 8.42 Å². The van der Waals surface area contributed by atoms with E-state index in [1.165, 1.54) is 31.2 Å². The Labute approximate surface area is 199 Å². The number of nitrogens with zero attached hydrogens (tertiary/aromatic N) is 3. The van der Waals surface area contributed by atoms with Crippen LogP contribution in [0, 0.1) is 0 Å². The quantitative estimate of drug-likeness (QED) is 0.503. The Morgan fingerprint density at radius 3 is 2.52 bits per heavy atom. The summed E-state index contributed by atoms with van der Waals surface area (Å²) >= 11 is 5.78. The van der Waals surface area contributed by atoms with Crippen LogP contribution in [0.2, 0.25) is 0 Å². The molecule has 1 aliphatic heterocycles. The number of benzene rings is 1. The molecule has 2 aromatic heterocycles. The van der Waals surface area contributed by atoms with Crippen LogP contribution in [0.15, 0.2) is 67.1 Å². The monoisotopic (exact) mass is 481 g/mol. The number of nitrogens with one attached hydrogen (secondary N) is 2. The Kier molecular flexibility index (Phi) is 5.84. The maximum Gasteiger partial charge on any atom is 0.229 e. The van der Waals surface area contributed by atoms with Gasteiger partial charge in [-0.3, -0.25) is 9.71 Å². The fraction of sp³-hybridized carbons (Fsp3) is 0.333. The van der Waals surface area contributed by atoms with Gasteiger partial charge < -0.3 is 14.8 Å². The van der Waals surface area contributed by atoms with E-state index in [-0.39, 0.29) is 12.1 Å². The summed E-state index contributed by atoms with van der Waals surface area (Å²) in [5.41, 5.74) is 3.51. The van der Waals surface area contributed by atoms with E-state index in [9.17, 15) is 8.42 Å². The summed E-state index contributed by atoms with van der Waals surface area (Å²) < 4.78 is 28.0. The van der Waals surface area contributed by atoms with Gasteiger partial charge in [0.25, 0.3) is 0 Å². The molecule has 1 saturated heterocycles. The molecule has 33 heavy (non-hydrogen) atoms. The molecular weight excluding hydrogens is 454 g/mol. The predicted molar refractivity (Wildman–Crippen MR) is 135 cm³/mol. The van der Waals surface area contributed by atoms with Crippen LogP contribution in [0.25, 0.3) is 0 Å². The van der Waals surface area contributed by atoms with Crippen LogP contribution in [0.3, 0.4) is 0 Å². The number of sulfonamides is 1. The van der Waals surface area contributed by atoms with E-state index in [0.29, 0.717) is 16.8 Å². The van der Waals surface area contributed by atoms with Crippen molar-refractivity contribution in [3.63, 3.8) is 0 Å². The Morgan fingerprint density at radius 2 is 1.85 bits per heavy atom. The first kappa shape index (κ1) is 21.9.